The zero-order chi connectivity index (χ0) is 21.6. The Morgan fingerprint density at radius 3 is 2.28 bits per heavy atom. The molecule has 6 nitrogen and oxygen atoms in total. The van der Waals surface area contributed by atoms with E-state index in [-0.39, 0.29) is 23.0 Å². The second-order valence-electron chi connectivity index (χ2n) is 6.77. The zero-order valence-electron chi connectivity index (χ0n) is 16.9. The number of hydrogen-bond donors (Lipinski definition) is 2. The van der Waals surface area contributed by atoms with Crippen LogP contribution < -0.4 is 10.6 Å². The normalized spacial score (nSPS) is 12.5. The Kier molecular flexibility index (Phi) is 7.69. The first kappa shape index (κ1) is 22.8. The van der Waals surface area contributed by atoms with Gasteiger partial charge in [0.1, 0.15) is 11.6 Å². The minimum absolute atomic E-state index is 0.0714. The molecule has 0 aliphatic carbocycles. The van der Waals surface area contributed by atoms with Gasteiger partial charge in [0, 0.05) is 38.8 Å². The molecule has 0 aliphatic rings. The van der Waals surface area contributed by atoms with Crippen molar-refractivity contribution >= 4 is 16.0 Å². The minimum atomic E-state index is -3.53. The van der Waals surface area contributed by atoms with Crippen LogP contribution in [0.4, 0.5) is 8.78 Å². The number of guanidine groups is 1. The Morgan fingerprint density at radius 2 is 1.69 bits per heavy atom. The van der Waals surface area contributed by atoms with Gasteiger partial charge in [-0.3, -0.25) is 4.99 Å². The lowest BCUT2D eigenvalue weighted by Gasteiger charge is -2.21. The Bertz CT molecular complexity index is 961. The van der Waals surface area contributed by atoms with E-state index in [1.54, 1.807) is 38.4 Å². The molecule has 0 amide bonds. The van der Waals surface area contributed by atoms with Gasteiger partial charge in [0.15, 0.2) is 5.96 Å². The van der Waals surface area contributed by atoms with Crippen LogP contribution in [0.25, 0.3) is 0 Å². The van der Waals surface area contributed by atoms with Crippen LogP contribution in [0.1, 0.15) is 25.0 Å². The van der Waals surface area contributed by atoms with Gasteiger partial charge in [0.05, 0.1) is 4.90 Å². The summed E-state index contributed by atoms with van der Waals surface area (Å²) in [6, 6.07) is 9.68. The molecule has 0 unspecified atom stereocenters. The summed E-state index contributed by atoms with van der Waals surface area (Å²) in [4.78, 5) is 4.27. The third-order valence-electron chi connectivity index (χ3n) is 4.47. The molecule has 0 fully saturated rings. The maximum absolute atomic E-state index is 13.7. The van der Waals surface area contributed by atoms with E-state index in [2.05, 4.69) is 15.6 Å². The van der Waals surface area contributed by atoms with E-state index in [1.807, 2.05) is 13.8 Å². The maximum atomic E-state index is 13.7. The fourth-order valence-electron chi connectivity index (χ4n) is 2.49. The van der Waals surface area contributed by atoms with E-state index >= 15 is 0 Å². The highest BCUT2D eigenvalue weighted by Gasteiger charge is 2.22. The van der Waals surface area contributed by atoms with E-state index in [1.165, 1.54) is 4.31 Å². The number of nitrogens with one attached hydrogen (secondary N) is 2. The van der Waals surface area contributed by atoms with Gasteiger partial charge in [-0.2, -0.15) is 4.31 Å². The van der Waals surface area contributed by atoms with Gasteiger partial charge in [0.25, 0.3) is 0 Å². The van der Waals surface area contributed by atoms with Gasteiger partial charge >= 0.3 is 0 Å². The standard InChI is InChI=1S/C20H26F2N4O2S/c1-14(2)26(4)29(27,28)18-8-5-15(6-9-18)12-24-20(23-3)25-13-16-11-17(21)7-10-19(16)22/h5-11,14H,12-13H2,1-4H3,(H2,23,24,25). The van der Waals surface area contributed by atoms with Crippen molar-refractivity contribution in [2.24, 2.45) is 4.99 Å². The first-order valence-corrected chi connectivity index (χ1v) is 10.5. The molecule has 0 spiro atoms. The lowest BCUT2D eigenvalue weighted by molar-refractivity contribution is 0.410. The molecule has 158 valence electrons. The predicted molar refractivity (Wildman–Crippen MR) is 110 cm³/mol. The molecular formula is C20H26F2N4O2S. The van der Waals surface area contributed by atoms with E-state index in [9.17, 15) is 17.2 Å². The van der Waals surface area contributed by atoms with Crippen molar-refractivity contribution in [2.45, 2.75) is 37.9 Å². The molecular weight excluding hydrogens is 398 g/mol. The minimum Gasteiger partial charge on any atom is -0.352 e. The van der Waals surface area contributed by atoms with Gasteiger partial charge < -0.3 is 10.6 Å². The van der Waals surface area contributed by atoms with Crippen molar-refractivity contribution < 1.29 is 17.2 Å². The highest BCUT2D eigenvalue weighted by molar-refractivity contribution is 7.89. The van der Waals surface area contributed by atoms with E-state index in [0.717, 1.165) is 23.8 Å². The molecule has 0 saturated heterocycles. The second-order valence-corrected chi connectivity index (χ2v) is 8.77. The number of hydrogen-bond acceptors (Lipinski definition) is 3. The molecule has 0 aromatic heterocycles. The number of nitrogens with zero attached hydrogens (tertiary/aromatic N) is 2. The highest BCUT2D eigenvalue weighted by atomic mass is 32.2. The molecule has 0 heterocycles. The monoisotopic (exact) mass is 424 g/mol. The Balaban J connectivity index is 1.97. The van der Waals surface area contributed by atoms with Crippen molar-refractivity contribution in [3.8, 4) is 0 Å². The fraction of sp³-hybridized carbons (Fsp3) is 0.350. The van der Waals surface area contributed by atoms with Crippen LogP contribution in [-0.2, 0) is 23.1 Å². The molecule has 0 atom stereocenters. The van der Waals surface area contributed by atoms with Crippen LogP contribution in [0.3, 0.4) is 0 Å². The second kappa shape index (κ2) is 9.80. The van der Waals surface area contributed by atoms with Crippen molar-refractivity contribution in [3.63, 3.8) is 0 Å². The van der Waals surface area contributed by atoms with Gasteiger partial charge in [-0.05, 0) is 49.7 Å². The van der Waals surface area contributed by atoms with Crippen LogP contribution >= 0.6 is 0 Å². The molecule has 2 aromatic rings. The smallest absolute Gasteiger partial charge is 0.243 e. The third-order valence-corrected chi connectivity index (χ3v) is 6.51. The molecule has 2 aromatic carbocycles. The van der Waals surface area contributed by atoms with Gasteiger partial charge in [-0.1, -0.05) is 12.1 Å². The number of sulfonamides is 1. The van der Waals surface area contributed by atoms with E-state index < -0.39 is 21.7 Å². The summed E-state index contributed by atoms with van der Waals surface area (Å²) in [5.41, 5.74) is 1.04. The summed E-state index contributed by atoms with van der Waals surface area (Å²) in [7, 11) is -0.415. The molecule has 29 heavy (non-hydrogen) atoms. The molecule has 2 rings (SSSR count). The molecule has 9 heteroatoms. The summed E-state index contributed by atoms with van der Waals surface area (Å²) in [5.74, 6) is -0.605. The van der Waals surface area contributed by atoms with Crippen molar-refractivity contribution in [3.05, 3.63) is 65.2 Å². The summed E-state index contributed by atoms with van der Waals surface area (Å²) < 4.78 is 53.2. The topological polar surface area (TPSA) is 73.8 Å². The van der Waals surface area contributed by atoms with Crippen molar-refractivity contribution in [1.82, 2.24) is 14.9 Å². The number of benzene rings is 2. The molecule has 0 bridgehead atoms. The third kappa shape index (κ3) is 5.98. The van der Waals surface area contributed by atoms with Crippen LogP contribution in [-0.4, -0.2) is 38.8 Å². The van der Waals surface area contributed by atoms with E-state index in [4.69, 9.17) is 0 Å². The van der Waals surface area contributed by atoms with Gasteiger partial charge in [-0.15, -0.1) is 0 Å². The summed E-state index contributed by atoms with van der Waals surface area (Å²) in [5, 5.41) is 5.97. The predicted octanol–water partition coefficient (Wildman–Crippen LogP) is 2.86. The van der Waals surface area contributed by atoms with E-state index in [0.29, 0.717) is 12.5 Å². The van der Waals surface area contributed by atoms with Crippen LogP contribution in [0.5, 0.6) is 0 Å². The first-order chi connectivity index (χ1) is 13.6. The Labute approximate surface area is 170 Å². The molecule has 2 N–H and O–H groups in total. The summed E-state index contributed by atoms with van der Waals surface area (Å²) >= 11 is 0. The Hall–Kier alpha value is -2.52. The number of rotatable bonds is 7. The van der Waals surface area contributed by atoms with Crippen molar-refractivity contribution in [2.75, 3.05) is 14.1 Å². The lowest BCUT2D eigenvalue weighted by atomic mass is 10.2. The summed E-state index contributed by atoms with van der Waals surface area (Å²) in [6.45, 7) is 4.07. The van der Waals surface area contributed by atoms with Crippen LogP contribution in [0, 0.1) is 11.6 Å². The highest BCUT2D eigenvalue weighted by Crippen LogP contribution is 2.17. The largest absolute Gasteiger partial charge is 0.352 e. The van der Waals surface area contributed by atoms with Crippen molar-refractivity contribution in [1.29, 1.82) is 0 Å². The SMILES string of the molecule is CN=C(NCc1ccc(S(=O)(=O)N(C)C(C)C)cc1)NCc1cc(F)ccc1F. The Morgan fingerprint density at radius 1 is 1.07 bits per heavy atom. The quantitative estimate of drug-likeness (QED) is 0.530. The fourth-order valence-corrected chi connectivity index (χ4v) is 3.85. The number of halogens is 2. The lowest BCUT2D eigenvalue weighted by Crippen LogP contribution is -2.36. The zero-order valence-corrected chi connectivity index (χ0v) is 17.7. The van der Waals surface area contributed by atoms with Gasteiger partial charge in [0.2, 0.25) is 10.0 Å². The summed E-state index contributed by atoms with van der Waals surface area (Å²) in [6.07, 6.45) is 0. The van der Waals surface area contributed by atoms with Crippen LogP contribution in [0.15, 0.2) is 52.4 Å². The molecule has 0 aliphatic heterocycles. The maximum Gasteiger partial charge on any atom is 0.243 e. The average Bonchev–Trinajstić information content (AvgIpc) is 2.70. The van der Waals surface area contributed by atoms with Gasteiger partial charge in [-0.25, -0.2) is 17.2 Å². The number of aliphatic imine (C=N–C) groups is 1. The average molecular weight is 425 g/mol. The first-order valence-electron chi connectivity index (χ1n) is 9.10. The molecule has 0 saturated carbocycles. The molecule has 0 radical (unpaired) electrons. The van der Waals surface area contributed by atoms with Crippen LogP contribution in [0.2, 0.25) is 0 Å².